The lowest BCUT2D eigenvalue weighted by Gasteiger charge is -2.24. The number of ether oxygens (including phenoxy) is 1. The molecule has 0 heterocycles. The number of sulfonamides is 1. The first-order chi connectivity index (χ1) is 18.2. The van der Waals surface area contributed by atoms with E-state index in [2.05, 4.69) is 5.32 Å². The molecule has 0 aromatic heterocycles. The van der Waals surface area contributed by atoms with Gasteiger partial charge in [-0.2, -0.15) is 0 Å². The number of nitrogens with zero attached hydrogens (tertiary/aromatic N) is 1. The number of hydrogen-bond acceptors (Lipinski definition) is 4. The first kappa shape index (κ1) is 26.8. The molecular formula is C29H26F2N2O4S. The van der Waals surface area contributed by atoms with Crippen molar-refractivity contribution in [1.82, 2.24) is 5.32 Å². The van der Waals surface area contributed by atoms with Crippen molar-refractivity contribution in [3.05, 3.63) is 125 Å². The monoisotopic (exact) mass is 536 g/mol. The molecule has 0 aliphatic heterocycles. The van der Waals surface area contributed by atoms with Crippen LogP contribution < -0.4 is 14.4 Å². The van der Waals surface area contributed by atoms with E-state index in [4.69, 9.17) is 4.74 Å². The van der Waals surface area contributed by atoms with Crippen LogP contribution in [0.1, 0.15) is 16.7 Å². The molecule has 1 N–H and O–H groups in total. The Kier molecular flexibility index (Phi) is 8.38. The number of para-hydroxylation sites is 1. The summed E-state index contributed by atoms with van der Waals surface area (Å²) in [7, 11) is -4.21. The smallest absolute Gasteiger partial charge is 0.264 e. The Bertz CT molecular complexity index is 1490. The normalized spacial score (nSPS) is 11.1. The molecule has 0 aliphatic carbocycles. The maximum absolute atomic E-state index is 14.6. The van der Waals surface area contributed by atoms with Gasteiger partial charge in [0.05, 0.1) is 10.6 Å². The van der Waals surface area contributed by atoms with Crippen molar-refractivity contribution in [3.63, 3.8) is 0 Å². The highest BCUT2D eigenvalue weighted by Crippen LogP contribution is 2.26. The molecule has 0 atom stereocenters. The standard InChI is InChI=1S/C29H26F2N2O4S/c1-21-6-16-26(17-7-21)38(35,36)33(28-5-3-2-4-27(28)31)19-29(34)32-18-22-10-14-25(15-11-22)37-20-23-8-12-24(30)13-9-23/h2-17H,18-20H2,1H3,(H,32,34). The number of benzene rings is 4. The average Bonchev–Trinajstić information content (AvgIpc) is 2.91. The summed E-state index contributed by atoms with van der Waals surface area (Å²) in [6.45, 7) is 1.63. The molecule has 4 aromatic rings. The summed E-state index contributed by atoms with van der Waals surface area (Å²) in [5.41, 5.74) is 2.23. The molecule has 1 amide bonds. The second kappa shape index (κ2) is 11.9. The molecule has 0 unspecified atom stereocenters. The van der Waals surface area contributed by atoms with Gasteiger partial charge in [-0.05, 0) is 66.6 Å². The van der Waals surface area contributed by atoms with Crippen LogP contribution in [0, 0.1) is 18.6 Å². The van der Waals surface area contributed by atoms with Crippen molar-refractivity contribution in [2.45, 2.75) is 25.0 Å². The molecule has 4 rings (SSSR count). The van der Waals surface area contributed by atoms with Crippen molar-refractivity contribution in [3.8, 4) is 5.75 Å². The quantitative estimate of drug-likeness (QED) is 0.296. The largest absolute Gasteiger partial charge is 0.489 e. The van der Waals surface area contributed by atoms with Crippen molar-refractivity contribution < 1.29 is 26.7 Å². The van der Waals surface area contributed by atoms with Gasteiger partial charge >= 0.3 is 0 Å². The number of aryl methyl sites for hydroxylation is 1. The lowest BCUT2D eigenvalue weighted by atomic mass is 10.2. The Morgan fingerprint density at radius 2 is 1.47 bits per heavy atom. The minimum atomic E-state index is -4.21. The zero-order valence-corrected chi connectivity index (χ0v) is 21.4. The minimum absolute atomic E-state index is 0.0459. The predicted molar refractivity (Wildman–Crippen MR) is 141 cm³/mol. The van der Waals surface area contributed by atoms with Crippen LogP contribution >= 0.6 is 0 Å². The molecule has 0 fully saturated rings. The second-order valence-electron chi connectivity index (χ2n) is 8.61. The van der Waals surface area contributed by atoms with E-state index < -0.39 is 28.3 Å². The Balaban J connectivity index is 1.41. The fraction of sp³-hybridized carbons (Fsp3) is 0.138. The van der Waals surface area contributed by atoms with E-state index in [1.807, 2.05) is 6.92 Å². The van der Waals surface area contributed by atoms with E-state index in [1.54, 1.807) is 48.5 Å². The summed E-state index contributed by atoms with van der Waals surface area (Å²) in [6, 6.07) is 24.6. The van der Waals surface area contributed by atoms with Crippen LogP contribution in [0.3, 0.4) is 0 Å². The van der Waals surface area contributed by atoms with Crippen LogP contribution in [0.15, 0.2) is 102 Å². The number of rotatable bonds is 10. The Morgan fingerprint density at radius 1 is 0.842 bits per heavy atom. The van der Waals surface area contributed by atoms with Gasteiger partial charge in [0.2, 0.25) is 5.91 Å². The van der Waals surface area contributed by atoms with Gasteiger partial charge in [0.15, 0.2) is 0 Å². The second-order valence-corrected chi connectivity index (χ2v) is 10.5. The summed E-state index contributed by atoms with van der Waals surface area (Å²) in [5, 5.41) is 2.69. The first-order valence-corrected chi connectivity index (χ1v) is 13.2. The zero-order chi connectivity index (χ0) is 27.1. The van der Waals surface area contributed by atoms with Gasteiger partial charge in [-0.3, -0.25) is 9.10 Å². The van der Waals surface area contributed by atoms with E-state index >= 15 is 0 Å². The molecule has 6 nitrogen and oxygen atoms in total. The molecule has 0 radical (unpaired) electrons. The Hall–Kier alpha value is -4.24. The van der Waals surface area contributed by atoms with E-state index in [0.29, 0.717) is 5.75 Å². The molecule has 0 spiro atoms. The van der Waals surface area contributed by atoms with Gasteiger partial charge in [-0.15, -0.1) is 0 Å². The van der Waals surface area contributed by atoms with Crippen LogP contribution in [0.4, 0.5) is 14.5 Å². The molecule has 196 valence electrons. The molecular weight excluding hydrogens is 510 g/mol. The molecule has 38 heavy (non-hydrogen) atoms. The lowest BCUT2D eigenvalue weighted by Crippen LogP contribution is -2.41. The van der Waals surface area contributed by atoms with E-state index in [9.17, 15) is 22.0 Å². The van der Waals surface area contributed by atoms with Gasteiger partial charge in [0.1, 0.15) is 30.5 Å². The summed E-state index contributed by atoms with van der Waals surface area (Å²) >= 11 is 0. The third-order valence-electron chi connectivity index (χ3n) is 5.75. The van der Waals surface area contributed by atoms with Gasteiger partial charge in [0, 0.05) is 6.54 Å². The van der Waals surface area contributed by atoms with Crippen LogP contribution in [0.25, 0.3) is 0 Å². The number of halogens is 2. The topological polar surface area (TPSA) is 75.7 Å². The molecule has 9 heteroatoms. The van der Waals surface area contributed by atoms with Gasteiger partial charge in [0.25, 0.3) is 10.0 Å². The number of nitrogens with one attached hydrogen (secondary N) is 1. The van der Waals surface area contributed by atoms with Gasteiger partial charge < -0.3 is 10.1 Å². The molecule has 0 saturated heterocycles. The Morgan fingerprint density at radius 3 is 2.13 bits per heavy atom. The summed E-state index contributed by atoms with van der Waals surface area (Å²) < 4.78 is 60.8. The van der Waals surface area contributed by atoms with Crippen molar-refractivity contribution in [1.29, 1.82) is 0 Å². The van der Waals surface area contributed by atoms with Crippen LogP contribution in [0.5, 0.6) is 5.75 Å². The predicted octanol–water partition coefficient (Wildman–Crippen LogP) is 5.36. The summed E-state index contributed by atoms with van der Waals surface area (Å²) in [6.07, 6.45) is 0. The number of anilines is 1. The molecule has 0 aliphatic rings. The van der Waals surface area contributed by atoms with E-state index in [-0.39, 0.29) is 29.6 Å². The van der Waals surface area contributed by atoms with Crippen LogP contribution in [0.2, 0.25) is 0 Å². The van der Waals surface area contributed by atoms with Crippen molar-refractivity contribution in [2.75, 3.05) is 10.8 Å². The fourth-order valence-electron chi connectivity index (χ4n) is 3.63. The van der Waals surface area contributed by atoms with Crippen molar-refractivity contribution >= 4 is 21.6 Å². The number of amides is 1. The number of carbonyl (C=O) groups excluding carboxylic acids is 1. The van der Waals surface area contributed by atoms with E-state index in [1.165, 1.54) is 42.5 Å². The zero-order valence-electron chi connectivity index (χ0n) is 20.6. The molecule has 0 saturated carbocycles. The SMILES string of the molecule is Cc1ccc(S(=O)(=O)N(CC(=O)NCc2ccc(OCc3ccc(F)cc3)cc2)c2ccccc2F)cc1. The third kappa shape index (κ3) is 6.74. The van der Waals surface area contributed by atoms with Crippen LogP contribution in [-0.4, -0.2) is 20.9 Å². The number of carbonyl (C=O) groups is 1. The maximum Gasteiger partial charge on any atom is 0.264 e. The highest BCUT2D eigenvalue weighted by atomic mass is 32.2. The molecule has 0 bridgehead atoms. The lowest BCUT2D eigenvalue weighted by molar-refractivity contribution is -0.119. The van der Waals surface area contributed by atoms with Crippen LogP contribution in [-0.2, 0) is 28.0 Å². The highest BCUT2D eigenvalue weighted by Gasteiger charge is 2.29. The Labute approximate surface area is 220 Å². The summed E-state index contributed by atoms with van der Waals surface area (Å²) in [4.78, 5) is 12.8. The first-order valence-electron chi connectivity index (χ1n) is 11.8. The van der Waals surface area contributed by atoms with E-state index in [0.717, 1.165) is 27.1 Å². The maximum atomic E-state index is 14.6. The third-order valence-corrected chi connectivity index (χ3v) is 7.52. The fourth-order valence-corrected chi connectivity index (χ4v) is 5.06. The molecule has 4 aromatic carbocycles. The van der Waals surface area contributed by atoms with Crippen molar-refractivity contribution in [2.24, 2.45) is 0 Å². The van der Waals surface area contributed by atoms with Gasteiger partial charge in [-0.1, -0.05) is 54.1 Å². The minimum Gasteiger partial charge on any atom is -0.489 e. The summed E-state index contributed by atoms with van der Waals surface area (Å²) in [5.74, 6) is -1.07. The highest BCUT2D eigenvalue weighted by molar-refractivity contribution is 7.92. The van der Waals surface area contributed by atoms with Gasteiger partial charge in [-0.25, -0.2) is 17.2 Å². The average molecular weight is 537 g/mol. The number of hydrogen-bond donors (Lipinski definition) is 1.